The standard InChI is InChI=1S/C11H24N2O.ClH/c1-8(2)9(3)6-10(14)13-11(4,5)7-12;/h8-9H,6-7,12H2,1-5H3,(H,13,14);1H. The lowest BCUT2D eigenvalue weighted by Crippen LogP contribution is -2.49. The van der Waals surface area contributed by atoms with Gasteiger partial charge in [-0.3, -0.25) is 4.79 Å². The molecule has 0 fully saturated rings. The number of hydrogen-bond acceptors (Lipinski definition) is 2. The van der Waals surface area contributed by atoms with Crippen molar-refractivity contribution in [3.63, 3.8) is 0 Å². The van der Waals surface area contributed by atoms with Gasteiger partial charge in [0.15, 0.2) is 0 Å². The highest BCUT2D eigenvalue weighted by molar-refractivity contribution is 5.85. The predicted octanol–water partition coefficient (Wildman–Crippen LogP) is 1.94. The second kappa shape index (κ2) is 7.07. The van der Waals surface area contributed by atoms with Gasteiger partial charge in [-0.2, -0.15) is 0 Å². The molecule has 0 saturated heterocycles. The smallest absolute Gasteiger partial charge is 0.220 e. The SMILES string of the molecule is CC(C)C(C)CC(=O)NC(C)(C)CN.Cl. The number of carbonyl (C=O) groups excluding carboxylic acids is 1. The average molecular weight is 237 g/mol. The molecule has 3 nitrogen and oxygen atoms in total. The molecular weight excluding hydrogens is 212 g/mol. The van der Waals surface area contributed by atoms with E-state index in [9.17, 15) is 4.79 Å². The van der Waals surface area contributed by atoms with Gasteiger partial charge in [-0.15, -0.1) is 12.4 Å². The third-order valence-electron chi connectivity index (χ3n) is 2.63. The third kappa shape index (κ3) is 7.63. The molecule has 0 aliphatic carbocycles. The van der Waals surface area contributed by atoms with Crippen LogP contribution in [0.5, 0.6) is 0 Å². The maximum absolute atomic E-state index is 11.6. The molecule has 0 aliphatic rings. The summed E-state index contributed by atoms with van der Waals surface area (Å²) < 4.78 is 0. The molecular formula is C11H25ClN2O. The molecule has 0 spiro atoms. The molecule has 0 aromatic carbocycles. The fraction of sp³-hybridized carbons (Fsp3) is 0.909. The topological polar surface area (TPSA) is 55.1 Å². The van der Waals surface area contributed by atoms with Crippen LogP contribution >= 0.6 is 12.4 Å². The summed E-state index contributed by atoms with van der Waals surface area (Å²) in [6, 6.07) is 0. The molecule has 4 heteroatoms. The molecule has 3 N–H and O–H groups in total. The van der Waals surface area contributed by atoms with Crippen LogP contribution in [0.15, 0.2) is 0 Å². The highest BCUT2D eigenvalue weighted by Gasteiger charge is 2.20. The molecule has 1 amide bonds. The van der Waals surface area contributed by atoms with Crippen molar-refractivity contribution in [1.82, 2.24) is 5.32 Å². The predicted molar refractivity (Wildman–Crippen MR) is 67.1 cm³/mol. The zero-order chi connectivity index (χ0) is 11.4. The summed E-state index contributed by atoms with van der Waals surface area (Å²) >= 11 is 0. The number of amides is 1. The summed E-state index contributed by atoms with van der Waals surface area (Å²) in [5.41, 5.74) is 5.25. The Kier molecular flexibility index (Phi) is 8.07. The van der Waals surface area contributed by atoms with E-state index in [0.717, 1.165) is 0 Å². The highest BCUT2D eigenvalue weighted by atomic mass is 35.5. The molecule has 0 saturated carbocycles. The second-order valence-electron chi connectivity index (χ2n) is 5.06. The quantitative estimate of drug-likeness (QED) is 0.767. The summed E-state index contributed by atoms with van der Waals surface area (Å²) in [4.78, 5) is 11.6. The van der Waals surface area contributed by atoms with E-state index in [1.54, 1.807) is 0 Å². The van der Waals surface area contributed by atoms with Crippen LogP contribution in [0.4, 0.5) is 0 Å². The summed E-state index contributed by atoms with van der Waals surface area (Å²) in [6.45, 7) is 10.7. The Bertz CT molecular complexity index is 193. The van der Waals surface area contributed by atoms with E-state index >= 15 is 0 Å². The van der Waals surface area contributed by atoms with Crippen LogP contribution in [0.25, 0.3) is 0 Å². The minimum Gasteiger partial charge on any atom is -0.350 e. The van der Waals surface area contributed by atoms with Crippen LogP contribution in [-0.2, 0) is 4.79 Å². The van der Waals surface area contributed by atoms with Gasteiger partial charge in [0.2, 0.25) is 5.91 Å². The molecule has 1 atom stereocenters. The third-order valence-corrected chi connectivity index (χ3v) is 2.63. The average Bonchev–Trinajstić information content (AvgIpc) is 2.02. The minimum atomic E-state index is -0.284. The molecule has 15 heavy (non-hydrogen) atoms. The Morgan fingerprint density at radius 3 is 2.13 bits per heavy atom. The molecule has 0 aromatic heterocycles. The van der Waals surface area contributed by atoms with Crippen molar-refractivity contribution in [3.8, 4) is 0 Å². The number of halogens is 1. The Morgan fingerprint density at radius 1 is 1.33 bits per heavy atom. The molecule has 92 valence electrons. The molecule has 0 aliphatic heterocycles. The van der Waals surface area contributed by atoms with Gasteiger partial charge in [-0.25, -0.2) is 0 Å². The van der Waals surface area contributed by atoms with Crippen molar-refractivity contribution in [1.29, 1.82) is 0 Å². The summed E-state index contributed by atoms with van der Waals surface area (Å²) in [5, 5.41) is 2.93. The first-order valence-corrected chi connectivity index (χ1v) is 5.29. The lowest BCUT2D eigenvalue weighted by atomic mass is 9.94. The van der Waals surface area contributed by atoms with Gasteiger partial charge in [0.25, 0.3) is 0 Å². The number of nitrogens with two attached hydrogens (primary N) is 1. The summed E-state index contributed by atoms with van der Waals surface area (Å²) in [7, 11) is 0. The molecule has 0 heterocycles. The van der Waals surface area contributed by atoms with E-state index in [1.165, 1.54) is 0 Å². The Hall–Kier alpha value is -0.280. The van der Waals surface area contributed by atoms with E-state index in [1.807, 2.05) is 13.8 Å². The van der Waals surface area contributed by atoms with Crippen LogP contribution in [0.3, 0.4) is 0 Å². The van der Waals surface area contributed by atoms with Crippen molar-refractivity contribution in [2.75, 3.05) is 6.54 Å². The Balaban J connectivity index is 0. The van der Waals surface area contributed by atoms with E-state index in [-0.39, 0.29) is 23.9 Å². The maximum atomic E-state index is 11.6. The van der Waals surface area contributed by atoms with Crippen LogP contribution < -0.4 is 11.1 Å². The van der Waals surface area contributed by atoms with Crippen molar-refractivity contribution >= 4 is 18.3 Å². The van der Waals surface area contributed by atoms with E-state index in [2.05, 4.69) is 26.1 Å². The number of nitrogens with one attached hydrogen (secondary N) is 1. The van der Waals surface area contributed by atoms with Gasteiger partial charge in [-0.05, 0) is 25.7 Å². The fourth-order valence-corrected chi connectivity index (χ4v) is 1.01. The van der Waals surface area contributed by atoms with Gasteiger partial charge in [0, 0.05) is 18.5 Å². The summed E-state index contributed by atoms with van der Waals surface area (Å²) in [5.74, 6) is 1.06. The number of carbonyl (C=O) groups is 1. The van der Waals surface area contributed by atoms with Crippen molar-refractivity contribution in [2.24, 2.45) is 17.6 Å². The van der Waals surface area contributed by atoms with Gasteiger partial charge in [0.05, 0.1) is 0 Å². The van der Waals surface area contributed by atoms with Crippen molar-refractivity contribution in [3.05, 3.63) is 0 Å². The normalized spacial score (nSPS) is 13.3. The van der Waals surface area contributed by atoms with Gasteiger partial charge < -0.3 is 11.1 Å². The fourth-order valence-electron chi connectivity index (χ4n) is 1.01. The van der Waals surface area contributed by atoms with Gasteiger partial charge in [-0.1, -0.05) is 20.8 Å². The van der Waals surface area contributed by atoms with Gasteiger partial charge >= 0.3 is 0 Å². The molecule has 1 unspecified atom stereocenters. The van der Waals surface area contributed by atoms with Crippen molar-refractivity contribution in [2.45, 2.75) is 46.6 Å². The number of rotatable bonds is 5. The first-order valence-electron chi connectivity index (χ1n) is 5.29. The van der Waals surface area contributed by atoms with Crippen LogP contribution in [0.1, 0.15) is 41.0 Å². The highest BCUT2D eigenvalue weighted by Crippen LogP contribution is 2.14. The van der Waals surface area contributed by atoms with Crippen LogP contribution in [0.2, 0.25) is 0 Å². The minimum absolute atomic E-state index is 0. The number of hydrogen-bond donors (Lipinski definition) is 2. The molecule has 0 radical (unpaired) electrons. The van der Waals surface area contributed by atoms with E-state index in [4.69, 9.17) is 5.73 Å². The zero-order valence-electron chi connectivity index (χ0n) is 10.5. The zero-order valence-corrected chi connectivity index (χ0v) is 11.3. The molecule has 0 rings (SSSR count). The first-order chi connectivity index (χ1) is 6.28. The Labute approximate surface area is 99.6 Å². The lowest BCUT2D eigenvalue weighted by molar-refractivity contribution is -0.123. The Morgan fingerprint density at radius 2 is 1.80 bits per heavy atom. The summed E-state index contributed by atoms with van der Waals surface area (Å²) in [6.07, 6.45) is 0.584. The maximum Gasteiger partial charge on any atom is 0.220 e. The first kappa shape index (κ1) is 17.1. The lowest BCUT2D eigenvalue weighted by Gasteiger charge is -2.25. The molecule has 0 bridgehead atoms. The van der Waals surface area contributed by atoms with E-state index < -0.39 is 0 Å². The van der Waals surface area contributed by atoms with Crippen LogP contribution in [0, 0.1) is 11.8 Å². The molecule has 0 aromatic rings. The largest absolute Gasteiger partial charge is 0.350 e. The van der Waals surface area contributed by atoms with Crippen LogP contribution in [-0.4, -0.2) is 18.0 Å². The monoisotopic (exact) mass is 236 g/mol. The van der Waals surface area contributed by atoms with Gasteiger partial charge in [0.1, 0.15) is 0 Å². The van der Waals surface area contributed by atoms with Crippen molar-refractivity contribution < 1.29 is 4.79 Å². The second-order valence-corrected chi connectivity index (χ2v) is 5.06. The van der Waals surface area contributed by atoms with E-state index in [0.29, 0.717) is 24.8 Å².